The number of hydrogen-bond donors (Lipinski definition) is 2. The van der Waals surface area contributed by atoms with Crippen LogP contribution in [0.25, 0.3) is 21.7 Å². The smallest absolute Gasteiger partial charge is 0.274 e. The van der Waals surface area contributed by atoms with E-state index in [0.29, 0.717) is 24.7 Å². The number of halogens is 1. The number of alkyl halides is 1. The van der Waals surface area contributed by atoms with Crippen molar-refractivity contribution in [3.05, 3.63) is 102 Å². The molecule has 2 N–H and O–H groups in total. The zero-order valence-corrected chi connectivity index (χ0v) is 19.6. The number of phenolic OH excluding ortho intramolecular Hbond substituents is 1. The molecule has 1 aliphatic rings. The maximum atomic E-state index is 13.7. The summed E-state index contributed by atoms with van der Waals surface area (Å²) in [6, 6.07) is 26.9. The second-order valence-corrected chi connectivity index (χ2v) is 9.16. The first-order valence-corrected chi connectivity index (χ1v) is 12.1. The van der Waals surface area contributed by atoms with Crippen molar-refractivity contribution in [2.24, 2.45) is 0 Å². The molecule has 1 aliphatic heterocycles. The molecule has 5 aromatic rings. The van der Waals surface area contributed by atoms with Crippen molar-refractivity contribution in [3.63, 3.8) is 0 Å². The van der Waals surface area contributed by atoms with E-state index in [-0.39, 0.29) is 17.6 Å². The van der Waals surface area contributed by atoms with Crippen LogP contribution in [0.1, 0.15) is 27.5 Å². The monoisotopic (exact) mass is 482 g/mol. The zero-order valence-electron chi connectivity index (χ0n) is 18.9. The molecular weight excluding hydrogens is 460 g/mol. The molecule has 4 aromatic carbocycles. The number of carbonyl (C=O) groups excluding carboxylic acids is 1. The lowest BCUT2D eigenvalue weighted by Crippen LogP contribution is -2.30. The van der Waals surface area contributed by atoms with Gasteiger partial charge in [-0.2, -0.15) is 0 Å². The van der Waals surface area contributed by atoms with Crippen molar-refractivity contribution >= 4 is 44.9 Å². The van der Waals surface area contributed by atoms with Crippen LogP contribution in [0.2, 0.25) is 0 Å². The molecule has 6 rings (SSSR count). The standard InChI is InChI=1S/C29H23ClN2O3/c30-15-20-16-32(29(34)25-13-19-12-21(33)10-11-24(19)31-25)26-14-27(35-17-18-6-2-1-3-7-18)22-8-4-5-9-23(22)28(20)26/h1-14,20,31,33H,15-17H2. The predicted octanol–water partition coefficient (Wildman–Crippen LogP) is 6.59. The summed E-state index contributed by atoms with van der Waals surface area (Å²) >= 11 is 6.41. The van der Waals surface area contributed by atoms with Crippen molar-refractivity contribution in [1.29, 1.82) is 0 Å². The van der Waals surface area contributed by atoms with E-state index in [1.807, 2.05) is 48.5 Å². The van der Waals surface area contributed by atoms with E-state index in [1.165, 1.54) is 0 Å². The topological polar surface area (TPSA) is 65.6 Å². The third-order valence-corrected chi connectivity index (χ3v) is 7.00. The second kappa shape index (κ2) is 8.67. The lowest BCUT2D eigenvalue weighted by atomic mass is 9.95. The molecule has 0 saturated heterocycles. The number of anilines is 1. The van der Waals surface area contributed by atoms with Gasteiger partial charge < -0.3 is 19.7 Å². The number of amides is 1. The number of aromatic hydroxyl groups is 1. The number of aromatic amines is 1. The highest BCUT2D eigenvalue weighted by atomic mass is 35.5. The third-order valence-electron chi connectivity index (χ3n) is 6.63. The quantitative estimate of drug-likeness (QED) is 0.278. The molecule has 1 amide bonds. The predicted molar refractivity (Wildman–Crippen MR) is 140 cm³/mol. The molecular formula is C29H23ClN2O3. The van der Waals surface area contributed by atoms with Gasteiger partial charge in [-0.05, 0) is 40.8 Å². The van der Waals surface area contributed by atoms with Crippen molar-refractivity contribution in [1.82, 2.24) is 4.98 Å². The highest BCUT2D eigenvalue weighted by molar-refractivity contribution is 6.19. The number of fused-ring (bicyclic) bond motifs is 4. The molecule has 0 fully saturated rings. The lowest BCUT2D eigenvalue weighted by Gasteiger charge is -2.19. The van der Waals surface area contributed by atoms with Crippen LogP contribution in [0.3, 0.4) is 0 Å². The van der Waals surface area contributed by atoms with Gasteiger partial charge in [-0.25, -0.2) is 0 Å². The molecule has 1 atom stereocenters. The van der Waals surface area contributed by atoms with Gasteiger partial charge in [0.15, 0.2) is 0 Å². The Morgan fingerprint density at radius 1 is 1.00 bits per heavy atom. The number of aromatic nitrogens is 1. The van der Waals surface area contributed by atoms with E-state index in [9.17, 15) is 9.90 Å². The summed E-state index contributed by atoms with van der Waals surface area (Å²) in [6.07, 6.45) is 0. The number of phenols is 1. The minimum atomic E-state index is -0.140. The average Bonchev–Trinajstić information content (AvgIpc) is 3.48. The molecule has 1 aromatic heterocycles. The number of H-pyrrole nitrogens is 1. The van der Waals surface area contributed by atoms with Crippen molar-refractivity contribution in [2.45, 2.75) is 12.5 Å². The van der Waals surface area contributed by atoms with Gasteiger partial charge in [-0.3, -0.25) is 4.79 Å². The summed E-state index contributed by atoms with van der Waals surface area (Å²) in [5, 5.41) is 12.7. The van der Waals surface area contributed by atoms with Gasteiger partial charge in [0.2, 0.25) is 0 Å². The van der Waals surface area contributed by atoms with Crippen LogP contribution in [0, 0.1) is 0 Å². The van der Waals surface area contributed by atoms with Crippen molar-refractivity contribution in [2.75, 3.05) is 17.3 Å². The Morgan fingerprint density at radius 2 is 1.77 bits per heavy atom. The highest BCUT2D eigenvalue weighted by Gasteiger charge is 2.35. The van der Waals surface area contributed by atoms with Gasteiger partial charge in [-0.1, -0.05) is 54.6 Å². The van der Waals surface area contributed by atoms with Crippen LogP contribution in [0.5, 0.6) is 11.5 Å². The highest BCUT2D eigenvalue weighted by Crippen LogP contribution is 2.46. The number of ether oxygens (including phenoxy) is 1. The molecule has 174 valence electrons. The van der Waals surface area contributed by atoms with Gasteiger partial charge in [0.25, 0.3) is 5.91 Å². The van der Waals surface area contributed by atoms with E-state index in [0.717, 1.165) is 44.2 Å². The van der Waals surface area contributed by atoms with Crippen LogP contribution in [-0.2, 0) is 6.61 Å². The summed E-state index contributed by atoms with van der Waals surface area (Å²) in [5.41, 5.74) is 4.23. The van der Waals surface area contributed by atoms with Crippen LogP contribution in [-0.4, -0.2) is 28.4 Å². The van der Waals surface area contributed by atoms with Crippen LogP contribution in [0.4, 0.5) is 5.69 Å². The molecule has 0 spiro atoms. The Hall–Kier alpha value is -3.96. The number of rotatable bonds is 5. The number of hydrogen-bond acceptors (Lipinski definition) is 3. The number of benzene rings is 4. The fourth-order valence-corrected chi connectivity index (χ4v) is 5.22. The summed E-state index contributed by atoms with van der Waals surface area (Å²) < 4.78 is 6.29. The Morgan fingerprint density at radius 3 is 2.57 bits per heavy atom. The lowest BCUT2D eigenvalue weighted by molar-refractivity contribution is 0.0984. The first-order chi connectivity index (χ1) is 17.1. The van der Waals surface area contributed by atoms with E-state index < -0.39 is 0 Å². The van der Waals surface area contributed by atoms with Gasteiger partial charge in [0.05, 0.1) is 5.69 Å². The fourth-order valence-electron chi connectivity index (χ4n) is 4.97. The Balaban J connectivity index is 1.44. The number of carbonyl (C=O) groups is 1. The molecule has 1 unspecified atom stereocenters. The summed E-state index contributed by atoms with van der Waals surface area (Å²) in [5.74, 6) is 1.18. The first-order valence-electron chi connectivity index (χ1n) is 11.5. The second-order valence-electron chi connectivity index (χ2n) is 8.85. The first kappa shape index (κ1) is 21.6. The van der Waals surface area contributed by atoms with Gasteiger partial charge in [-0.15, -0.1) is 11.6 Å². The summed E-state index contributed by atoms with van der Waals surface area (Å²) in [6.45, 7) is 0.923. The van der Waals surface area contributed by atoms with Crippen molar-refractivity contribution in [3.8, 4) is 11.5 Å². The van der Waals surface area contributed by atoms with Crippen LogP contribution >= 0.6 is 11.6 Å². The van der Waals surface area contributed by atoms with E-state index in [2.05, 4.69) is 17.1 Å². The maximum absolute atomic E-state index is 13.7. The Labute approximate surface area is 207 Å². The largest absolute Gasteiger partial charge is 0.508 e. The summed E-state index contributed by atoms with van der Waals surface area (Å²) in [4.78, 5) is 18.7. The molecule has 2 heterocycles. The molecule has 0 saturated carbocycles. The van der Waals surface area contributed by atoms with E-state index in [1.54, 1.807) is 29.2 Å². The number of nitrogens with one attached hydrogen (secondary N) is 1. The Bertz CT molecular complexity index is 1560. The minimum Gasteiger partial charge on any atom is -0.508 e. The normalized spacial score (nSPS) is 15.0. The van der Waals surface area contributed by atoms with Crippen LogP contribution in [0.15, 0.2) is 84.9 Å². The molecule has 6 heteroatoms. The molecule has 35 heavy (non-hydrogen) atoms. The summed E-state index contributed by atoms with van der Waals surface area (Å²) in [7, 11) is 0. The number of nitrogens with zero attached hydrogens (tertiary/aromatic N) is 1. The van der Waals surface area contributed by atoms with Gasteiger partial charge in [0.1, 0.15) is 23.8 Å². The van der Waals surface area contributed by atoms with E-state index >= 15 is 0 Å². The fraction of sp³-hybridized carbons (Fsp3) is 0.138. The minimum absolute atomic E-state index is 0.0112. The maximum Gasteiger partial charge on any atom is 0.274 e. The van der Waals surface area contributed by atoms with Crippen molar-refractivity contribution < 1.29 is 14.6 Å². The molecule has 0 bridgehead atoms. The molecule has 0 aliphatic carbocycles. The van der Waals surface area contributed by atoms with Gasteiger partial charge >= 0.3 is 0 Å². The SMILES string of the molecule is O=C(c1cc2cc(O)ccc2[nH]1)N1CC(CCl)c2c1cc(OCc1ccccc1)c1ccccc21. The molecule has 5 nitrogen and oxygen atoms in total. The third kappa shape index (κ3) is 3.78. The van der Waals surface area contributed by atoms with E-state index in [4.69, 9.17) is 16.3 Å². The zero-order chi connectivity index (χ0) is 23.9. The molecule has 0 radical (unpaired) electrons. The van der Waals surface area contributed by atoms with Gasteiger partial charge in [0, 0.05) is 40.7 Å². The Kier molecular flexibility index (Phi) is 5.34. The average molecular weight is 483 g/mol. The van der Waals surface area contributed by atoms with Crippen LogP contribution < -0.4 is 9.64 Å².